The van der Waals surface area contributed by atoms with E-state index in [0.29, 0.717) is 12.2 Å². The summed E-state index contributed by atoms with van der Waals surface area (Å²) in [6.45, 7) is 0. The van der Waals surface area contributed by atoms with Crippen molar-refractivity contribution < 1.29 is 14.7 Å². The SMILES string of the molecule is O=C1CSc2ccc(C3CC3C(=O)O)cc2N1. The molecule has 0 aromatic heterocycles. The number of hydrogen-bond acceptors (Lipinski definition) is 3. The predicted molar refractivity (Wildman–Crippen MR) is 64.3 cm³/mol. The van der Waals surface area contributed by atoms with Crippen molar-refractivity contribution in [2.45, 2.75) is 17.2 Å². The van der Waals surface area contributed by atoms with Gasteiger partial charge in [0.15, 0.2) is 0 Å². The monoisotopic (exact) mass is 249 g/mol. The Labute approximate surface area is 102 Å². The van der Waals surface area contributed by atoms with Crippen molar-refractivity contribution in [1.29, 1.82) is 0 Å². The molecule has 2 N–H and O–H groups in total. The summed E-state index contributed by atoms with van der Waals surface area (Å²) in [5.41, 5.74) is 1.83. The van der Waals surface area contributed by atoms with E-state index in [1.165, 1.54) is 11.8 Å². The Morgan fingerprint density at radius 1 is 1.47 bits per heavy atom. The molecular formula is C12H11NO3S. The van der Waals surface area contributed by atoms with Crippen molar-refractivity contribution in [2.24, 2.45) is 5.92 Å². The number of thioether (sulfide) groups is 1. The molecule has 0 saturated heterocycles. The summed E-state index contributed by atoms with van der Waals surface area (Å²) < 4.78 is 0. The van der Waals surface area contributed by atoms with Crippen LogP contribution < -0.4 is 5.32 Å². The fraction of sp³-hybridized carbons (Fsp3) is 0.333. The van der Waals surface area contributed by atoms with Crippen LogP contribution in [0.4, 0.5) is 5.69 Å². The number of anilines is 1. The number of carbonyl (C=O) groups is 2. The van der Waals surface area contributed by atoms with Crippen molar-refractivity contribution in [3.05, 3.63) is 23.8 Å². The molecule has 2 atom stereocenters. The molecule has 88 valence electrons. The zero-order valence-electron chi connectivity index (χ0n) is 8.97. The Morgan fingerprint density at radius 3 is 3.00 bits per heavy atom. The molecule has 1 aromatic rings. The van der Waals surface area contributed by atoms with Gasteiger partial charge in [0.2, 0.25) is 5.91 Å². The maximum absolute atomic E-state index is 11.3. The molecule has 2 aliphatic rings. The Hall–Kier alpha value is -1.49. The first kappa shape index (κ1) is 10.7. The van der Waals surface area contributed by atoms with Crippen LogP contribution in [0.5, 0.6) is 0 Å². The van der Waals surface area contributed by atoms with Gasteiger partial charge in [0, 0.05) is 4.90 Å². The Morgan fingerprint density at radius 2 is 2.29 bits per heavy atom. The Kier molecular flexibility index (Phi) is 2.36. The number of rotatable bonds is 2. The number of hydrogen-bond donors (Lipinski definition) is 2. The summed E-state index contributed by atoms with van der Waals surface area (Å²) in [5, 5.41) is 11.7. The molecule has 0 radical (unpaired) electrons. The van der Waals surface area contributed by atoms with Gasteiger partial charge >= 0.3 is 5.97 Å². The minimum Gasteiger partial charge on any atom is -0.481 e. The quantitative estimate of drug-likeness (QED) is 0.840. The number of benzene rings is 1. The smallest absolute Gasteiger partial charge is 0.307 e. The second kappa shape index (κ2) is 3.77. The van der Waals surface area contributed by atoms with Crippen molar-refractivity contribution in [3.63, 3.8) is 0 Å². The molecule has 1 fully saturated rings. The van der Waals surface area contributed by atoms with E-state index in [1.54, 1.807) is 0 Å². The number of carbonyl (C=O) groups excluding carboxylic acids is 1. The third-order valence-corrected chi connectivity index (χ3v) is 4.25. The molecule has 4 nitrogen and oxygen atoms in total. The zero-order valence-corrected chi connectivity index (χ0v) is 9.79. The zero-order chi connectivity index (χ0) is 12.0. The van der Waals surface area contributed by atoms with Crippen LogP contribution in [0.2, 0.25) is 0 Å². The standard InChI is InChI=1S/C12H11NO3S/c14-11-5-17-10-2-1-6(3-9(10)13-11)7-4-8(7)12(15)16/h1-3,7-8H,4-5H2,(H,13,14)(H,15,16). The average molecular weight is 249 g/mol. The molecule has 0 spiro atoms. The van der Waals surface area contributed by atoms with E-state index in [0.717, 1.165) is 16.1 Å². The van der Waals surface area contributed by atoms with Gasteiger partial charge in [-0.15, -0.1) is 11.8 Å². The minimum absolute atomic E-state index is 0.00484. The molecule has 1 heterocycles. The van der Waals surface area contributed by atoms with Gasteiger partial charge in [0.05, 0.1) is 17.4 Å². The molecule has 1 aliphatic heterocycles. The van der Waals surface area contributed by atoms with Crippen LogP contribution in [0, 0.1) is 5.92 Å². The molecule has 1 saturated carbocycles. The predicted octanol–water partition coefficient (Wildman–Crippen LogP) is 1.92. The maximum Gasteiger partial charge on any atom is 0.307 e. The second-order valence-electron chi connectivity index (χ2n) is 4.38. The van der Waals surface area contributed by atoms with Gasteiger partial charge < -0.3 is 10.4 Å². The lowest BCUT2D eigenvalue weighted by atomic mass is 10.1. The van der Waals surface area contributed by atoms with Crippen molar-refractivity contribution >= 4 is 29.3 Å². The van der Waals surface area contributed by atoms with Crippen molar-refractivity contribution in [1.82, 2.24) is 0 Å². The lowest BCUT2D eigenvalue weighted by molar-refractivity contribution is -0.138. The first-order valence-corrected chi connectivity index (χ1v) is 6.43. The van der Waals surface area contributed by atoms with E-state index in [4.69, 9.17) is 5.11 Å². The van der Waals surface area contributed by atoms with Gasteiger partial charge in [0.25, 0.3) is 0 Å². The Balaban J connectivity index is 1.86. The summed E-state index contributed by atoms with van der Waals surface area (Å²) in [7, 11) is 0. The fourth-order valence-corrected chi connectivity index (χ4v) is 2.96. The topological polar surface area (TPSA) is 66.4 Å². The summed E-state index contributed by atoms with van der Waals surface area (Å²) in [6, 6.07) is 5.84. The van der Waals surface area contributed by atoms with Gasteiger partial charge in [-0.2, -0.15) is 0 Å². The van der Waals surface area contributed by atoms with Crippen LogP contribution in [0.3, 0.4) is 0 Å². The van der Waals surface area contributed by atoms with Crippen molar-refractivity contribution in [2.75, 3.05) is 11.1 Å². The van der Waals surface area contributed by atoms with Crippen LogP contribution in [0.25, 0.3) is 0 Å². The highest BCUT2D eigenvalue weighted by Gasteiger charge is 2.44. The number of carboxylic acid groups (broad SMARTS) is 1. The third-order valence-electron chi connectivity index (χ3n) is 3.17. The largest absolute Gasteiger partial charge is 0.481 e. The molecular weight excluding hydrogens is 238 g/mol. The van der Waals surface area contributed by atoms with Gasteiger partial charge in [-0.25, -0.2) is 0 Å². The highest BCUT2D eigenvalue weighted by atomic mass is 32.2. The lowest BCUT2D eigenvalue weighted by Crippen LogP contribution is -2.18. The lowest BCUT2D eigenvalue weighted by Gasteiger charge is -2.17. The molecule has 1 amide bonds. The fourth-order valence-electron chi connectivity index (χ4n) is 2.17. The van der Waals surface area contributed by atoms with Crippen LogP contribution in [0.1, 0.15) is 17.9 Å². The van der Waals surface area contributed by atoms with Gasteiger partial charge in [-0.05, 0) is 30.0 Å². The molecule has 17 heavy (non-hydrogen) atoms. The number of amides is 1. The highest BCUT2D eigenvalue weighted by Crippen LogP contribution is 2.49. The number of aliphatic carboxylic acids is 1. The van der Waals surface area contributed by atoms with E-state index >= 15 is 0 Å². The van der Waals surface area contributed by atoms with E-state index < -0.39 is 5.97 Å². The normalized spacial score (nSPS) is 26.0. The molecule has 0 bridgehead atoms. The number of nitrogens with one attached hydrogen (secondary N) is 1. The third kappa shape index (κ3) is 1.91. The van der Waals surface area contributed by atoms with E-state index in [1.807, 2.05) is 18.2 Å². The summed E-state index contributed by atoms with van der Waals surface area (Å²) >= 11 is 1.52. The summed E-state index contributed by atoms with van der Waals surface area (Å²) in [5.74, 6) is -0.411. The minimum atomic E-state index is -0.730. The molecule has 1 aromatic carbocycles. The first-order valence-electron chi connectivity index (χ1n) is 5.44. The van der Waals surface area contributed by atoms with Crippen LogP contribution in [-0.2, 0) is 9.59 Å². The molecule has 2 unspecified atom stereocenters. The van der Waals surface area contributed by atoms with Crippen LogP contribution in [0.15, 0.2) is 23.1 Å². The van der Waals surface area contributed by atoms with Crippen LogP contribution >= 0.6 is 11.8 Å². The van der Waals surface area contributed by atoms with Crippen molar-refractivity contribution in [3.8, 4) is 0 Å². The van der Waals surface area contributed by atoms with Gasteiger partial charge in [-0.3, -0.25) is 9.59 Å². The maximum atomic E-state index is 11.3. The summed E-state index contributed by atoms with van der Waals surface area (Å²) in [6.07, 6.45) is 0.704. The summed E-state index contributed by atoms with van der Waals surface area (Å²) in [4.78, 5) is 23.1. The highest BCUT2D eigenvalue weighted by molar-refractivity contribution is 8.00. The number of fused-ring (bicyclic) bond motifs is 1. The van der Waals surface area contributed by atoms with E-state index in [-0.39, 0.29) is 17.7 Å². The average Bonchev–Trinajstić information content (AvgIpc) is 3.08. The van der Waals surface area contributed by atoms with Gasteiger partial charge in [0.1, 0.15) is 0 Å². The second-order valence-corrected chi connectivity index (χ2v) is 5.40. The number of carboxylic acids is 1. The molecule has 3 rings (SSSR count). The Bertz CT molecular complexity index is 514. The van der Waals surface area contributed by atoms with Gasteiger partial charge in [-0.1, -0.05) is 6.07 Å². The first-order chi connectivity index (χ1) is 8.15. The van der Waals surface area contributed by atoms with E-state index in [9.17, 15) is 9.59 Å². The van der Waals surface area contributed by atoms with E-state index in [2.05, 4.69) is 5.32 Å². The van der Waals surface area contributed by atoms with Crippen LogP contribution in [-0.4, -0.2) is 22.7 Å². The molecule has 5 heteroatoms. The molecule has 1 aliphatic carbocycles.